The van der Waals surface area contributed by atoms with Gasteiger partial charge in [-0.2, -0.15) is 0 Å². The first-order chi connectivity index (χ1) is 15.5. The number of rotatable bonds is 8. The molecule has 6 heteroatoms. The summed E-state index contributed by atoms with van der Waals surface area (Å²) in [6.45, 7) is 11.9. The molecule has 0 spiro atoms. The van der Waals surface area contributed by atoms with Gasteiger partial charge in [-0.1, -0.05) is 26.0 Å². The van der Waals surface area contributed by atoms with Gasteiger partial charge >= 0.3 is 0 Å². The number of nitrogens with two attached hydrogens (primary N) is 2. The normalized spacial score (nSPS) is 26.3. The van der Waals surface area contributed by atoms with Gasteiger partial charge in [0, 0.05) is 18.8 Å². The highest BCUT2D eigenvalue weighted by molar-refractivity contribution is 6.06. The number of aliphatic imine (C=N–C) groups is 1. The molecule has 0 radical (unpaired) electrons. The highest BCUT2D eigenvalue weighted by Gasteiger charge is 2.52. The Labute approximate surface area is 202 Å². The van der Waals surface area contributed by atoms with E-state index in [4.69, 9.17) is 16.9 Å². The van der Waals surface area contributed by atoms with E-state index in [1.165, 1.54) is 32.1 Å². The Kier molecular flexibility index (Phi) is 11.4. The summed E-state index contributed by atoms with van der Waals surface area (Å²) >= 11 is 0. The van der Waals surface area contributed by atoms with E-state index >= 15 is 0 Å². The maximum absolute atomic E-state index is 9.99. The second kappa shape index (κ2) is 13.0. The molecule has 3 rings (SSSR count). The lowest BCUT2D eigenvalue weighted by atomic mass is 9.71. The third-order valence-corrected chi connectivity index (χ3v) is 7.18. The van der Waals surface area contributed by atoms with Gasteiger partial charge in [0.05, 0.1) is 17.0 Å². The lowest BCUT2D eigenvalue weighted by Gasteiger charge is -2.38. The third-order valence-electron chi connectivity index (χ3n) is 7.18. The van der Waals surface area contributed by atoms with Crippen LogP contribution in [0.4, 0.5) is 0 Å². The predicted molar refractivity (Wildman–Crippen MR) is 142 cm³/mol. The third kappa shape index (κ3) is 8.65. The first-order valence-corrected chi connectivity index (χ1v) is 12.6. The zero-order valence-corrected chi connectivity index (χ0v) is 22.0. The predicted octanol–water partition coefficient (Wildman–Crippen LogP) is 5.05. The van der Waals surface area contributed by atoms with Gasteiger partial charge in [0.15, 0.2) is 0 Å². The molecule has 188 valence electrons. The van der Waals surface area contributed by atoms with Crippen molar-refractivity contribution in [1.82, 2.24) is 5.32 Å². The van der Waals surface area contributed by atoms with Gasteiger partial charge in [0.2, 0.25) is 0 Å². The molecule has 7 N–H and O–H groups in total. The topological polar surface area (TPSA) is 121 Å². The summed E-state index contributed by atoms with van der Waals surface area (Å²) in [5.74, 6) is 1.90. The van der Waals surface area contributed by atoms with E-state index in [2.05, 4.69) is 10.3 Å². The quantitative estimate of drug-likeness (QED) is 0.258. The molecule has 0 heterocycles. The summed E-state index contributed by atoms with van der Waals surface area (Å²) in [6, 6.07) is 0.0531. The van der Waals surface area contributed by atoms with Crippen molar-refractivity contribution in [2.45, 2.75) is 98.1 Å². The SMILES string of the molecule is C/C=C(\NC(C)/C=C\C(N)=NC)C(=N)/C=C(\N)C1CC1.CC.CC(C)(O)C12CCC(CC1)C2. The molecule has 1 atom stereocenters. The number of aliphatic hydroxyl groups is 1. The van der Waals surface area contributed by atoms with Crippen LogP contribution in [0.5, 0.6) is 0 Å². The second-order valence-corrected chi connectivity index (χ2v) is 9.96. The monoisotopic (exact) mass is 459 g/mol. The minimum atomic E-state index is -0.432. The Morgan fingerprint density at radius 2 is 1.76 bits per heavy atom. The van der Waals surface area contributed by atoms with Gasteiger partial charge in [-0.25, -0.2) is 0 Å². The number of amidine groups is 1. The molecule has 3 aliphatic rings. The summed E-state index contributed by atoms with van der Waals surface area (Å²) in [7, 11) is 1.65. The van der Waals surface area contributed by atoms with Crippen molar-refractivity contribution in [1.29, 1.82) is 5.41 Å². The minimum absolute atomic E-state index is 0.0531. The van der Waals surface area contributed by atoms with E-state index < -0.39 is 5.60 Å². The molecule has 2 bridgehead atoms. The maximum Gasteiger partial charge on any atom is 0.117 e. The molecule has 3 aliphatic carbocycles. The molecule has 3 fully saturated rings. The van der Waals surface area contributed by atoms with E-state index in [1.54, 1.807) is 19.2 Å². The average Bonchev–Trinajstić information content (AvgIpc) is 3.44. The van der Waals surface area contributed by atoms with Crippen LogP contribution >= 0.6 is 0 Å². The molecular weight excluding hydrogens is 410 g/mol. The van der Waals surface area contributed by atoms with Crippen molar-refractivity contribution in [3.05, 3.63) is 35.7 Å². The second-order valence-electron chi connectivity index (χ2n) is 9.96. The summed E-state index contributed by atoms with van der Waals surface area (Å²) < 4.78 is 0. The molecule has 33 heavy (non-hydrogen) atoms. The minimum Gasteiger partial charge on any atom is -0.402 e. The average molecular weight is 460 g/mol. The van der Waals surface area contributed by atoms with Crippen molar-refractivity contribution < 1.29 is 5.11 Å². The van der Waals surface area contributed by atoms with Gasteiger partial charge in [0.25, 0.3) is 0 Å². The maximum atomic E-state index is 9.99. The lowest BCUT2D eigenvalue weighted by Crippen LogP contribution is -2.40. The Morgan fingerprint density at radius 1 is 1.18 bits per heavy atom. The molecule has 0 amide bonds. The summed E-state index contributed by atoms with van der Waals surface area (Å²) in [5, 5.41) is 21.3. The molecule has 0 aliphatic heterocycles. The molecule has 0 aromatic carbocycles. The van der Waals surface area contributed by atoms with Crippen LogP contribution in [0.25, 0.3) is 0 Å². The van der Waals surface area contributed by atoms with E-state index in [-0.39, 0.29) is 6.04 Å². The van der Waals surface area contributed by atoms with Crippen LogP contribution in [0.15, 0.2) is 40.7 Å². The van der Waals surface area contributed by atoms with Gasteiger partial charge in [-0.15, -0.1) is 0 Å². The first kappa shape index (κ1) is 29.0. The Morgan fingerprint density at radius 3 is 2.12 bits per heavy atom. The van der Waals surface area contributed by atoms with Crippen molar-refractivity contribution in [3.63, 3.8) is 0 Å². The van der Waals surface area contributed by atoms with Crippen LogP contribution in [-0.2, 0) is 0 Å². The number of nitrogens with zero attached hydrogens (tertiary/aromatic N) is 1. The van der Waals surface area contributed by atoms with E-state index in [9.17, 15) is 5.11 Å². The fourth-order valence-electron chi connectivity index (χ4n) is 4.76. The molecular formula is C27H49N5O. The van der Waals surface area contributed by atoms with Gasteiger partial charge < -0.3 is 21.9 Å². The Bertz CT molecular complexity index is 745. The molecule has 3 saturated carbocycles. The Balaban J connectivity index is 0.000000349. The van der Waals surface area contributed by atoms with E-state index in [0.717, 1.165) is 30.2 Å². The molecule has 1 unspecified atom stereocenters. The van der Waals surface area contributed by atoms with Crippen molar-refractivity contribution >= 4 is 11.5 Å². The van der Waals surface area contributed by atoms with Crippen LogP contribution in [0.1, 0.15) is 86.5 Å². The highest BCUT2D eigenvalue weighted by Crippen LogP contribution is 2.59. The Hall–Kier alpha value is -2.08. The zero-order chi connectivity index (χ0) is 25.2. The molecule has 0 aromatic heterocycles. The summed E-state index contributed by atoms with van der Waals surface area (Å²) in [5.41, 5.74) is 13.4. The van der Waals surface area contributed by atoms with Crippen LogP contribution in [-0.4, -0.2) is 35.3 Å². The number of nitrogens with one attached hydrogen (secondary N) is 2. The fourth-order valence-corrected chi connectivity index (χ4v) is 4.76. The number of hydrogen-bond donors (Lipinski definition) is 5. The van der Waals surface area contributed by atoms with Gasteiger partial charge in [-0.3, -0.25) is 10.4 Å². The van der Waals surface area contributed by atoms with Crippen LogP contribution < -0.4 is 16.8 Å². The highest BCUT2D eigenvalue weighted by atomic mass is 16.3. The lowest BCUT2D eigenvalue weighted by molar-refractivity contribution is -0.0501. The molecule has 0 saturated heterocycles. The van der Waals surface area contributed by atoms with Crippen molar-refractivity contribution in [3.8, 4) is 0 Å². The number of fused-ring (bicyclic) bond motifs is 2. The van der Waals surface area contributed by atoms with Crippen LogP contribution in [0.2, 0.25) is 0 Å². The largest absolute Gasteiger partial charge is 0.402 e. The molecule has 0 aromatic rings. The van der Waals surface area contributed by atoms with E-state index in [1.807, 2.05) is 53.7 Å². The van der Waals surface area contributed by atoms with Gasteiger partial charge in [0.1, 0.15) is 5.84 Å². The number of hydrogen-bond acceptors (Lipinski definition) is 5. The fraction of sp³-hybridized carbons (Fsp3) is 0.704. The summed E-state index contributed by atoms with van der Waals surface area (Å²) in [4.78, 5) is 3.86. The van der Waals surface area contributed by atoms with Crippen LogP contribution in [0, 0.1) is 22.7 Å². The summed E-state index contributed by atoms with van der Waals surface area (Å²) in [6.07, 6.45) is 16.1. The number of allylic oxidation sites excluding steroid dienone is 3. The first-order valence-electron chi connectivity index (χ1n) is 12.6. The van der Waals surface area contributed by atoms with E-state index in [0.29, 0.717) is 22.9 Å². The van der Waals surface area contributed by atoms with Crippen LogP contribution in [0.3, 0.4) is 0 Å². The zero-order valence-electron chi connectivity index (χ0n) is 22.0. The van der Waals surface area contributed by atoms with Crippen molar-refractivity contribution in [2.75, 3.05) is 7.05 Å². The molecule has 6 nitrogen and oxygen atoms in total. The van der Waals surface area contributed by atoms with Crippen molar-refractivity contribution in [2.24, 2.45) is 33.7 Å². The standard InChI is InChI=1S/C15H25N5.C10H18O.C2H6/c1-4-14(13(17)9-12(16)11-6-7-11)20-10(2)5-8-15(18)19-3;1-9(2,11)10-5-3-8(7-10)4-6-10;1-2/h4-5,8-11,17,20H,6-7,16H2,1-3H3,(H2,18,19);8,11H,3-7H2,1-2H3;1-2H3/b8-5-,12-9-,14-4-,17-13?;;. The smallest absolute Gasteiger partial charge is 0.117 e. The van der Waals surface area contributed by atoms with Gasteiger partial charge in [-0.05, 0) is 102 Å².